The molecule has 0 saturated heterocycles. The molecule has 0 fully saturated rings. The zero-order valence-corrected chi connectivity index (χ0v) is 13.5. The maximum absolute atomic E-state index is 12.2. The molecule has 1 aromatic heterocycles. The minimum absolute atomic E-state index is 0.0207. The maximum Gasteiger partial charge on any atom is 0.233 e. The molecule has 0 bridgehead atoms. The Balaban J connectivity index is 2.74. The summed E-state index contributed by atoms with van der Waals surface area (Å²) in [5.74, 6) is 1.05. The van der Waals surface area contributed by atoms with E-state index in [1.807, 2.05) is 18.4 Å². The van der Waals surface area contributed by atoms with E-state index in [4.69, 9.17) is 5.73 Å². The molecule has 0 aliphatic heterocycles. The van der Waals surface area contributed by atoms with Crippen LogP contribution in [0.5, 0.6) is 0 Å². The Kier molecular flexibility index (Phi) is 7.18. The fraction of sp³-hybridized carbons (Fsp3) is 0.500. The lowest BCUT2D eigenvalue weighted by molar-refractivity contribution is -0.127. The molecule has 0 aliphatic carbocycles. The van der Waals surface area contributed by atoms with Gasteiger partial charge >= 0.3 is 0 Å². The Hall–Kier alpha value is -1.60. The number of carbonyl (C=O) groups excluding carboxylic acids is 1. The summed E-state index contributed by atoms with van der Waals surface area (Å²) < 4.78 is 1.96. The fourth-order valence-corrected chi connectivity index (χ4v) is 2.86. The van der Waals surface area contributed by atoms with Crippen LogP contribution in [-0.2, 0) is 11.3 Å². The topological polar surface area (TPSA) is 77.0 Å². The van der Waals surface area contributed by atoms with Crippen molar-refractivity contribution < 1.29 is 4.79 Å². The second-order valence-corrected chi connectivity index (χ2v) is 5.67. The van der Waals surface area contributed by atoms with Crippen LogP contribution >= 0.6 is 11.8 Å². The fourth-order valence-electron chi connectivity index (χ4n) is 1.87. The number of amides is 1. The van der Waals surface area contributed by atoms with Gasteiger partial charge in [-0.15, -0.1) is 23.4 Å². The number of hydrogen-bond acceptors (Lipinski definition) is 5. The Morgan fingerprint density at radius 1 is 1.38 bits per heavy atom. The summed E-state index contributed by atoms with van der Waals surface area (Å²) in [7, 11) is 0. The average molecular weight is 309 g/mol. The highest BCUT2D eigenvalue weighted by Gasteiger charge is 2.17. The van der Waals surface area contributed by atoms with Crippen LogP contribution in [0.25, 0.3) is 0 Å². The molecule has 0 unspecified atom stereocenters. The van der Waals surface area contributed by atoms with Crippen LogP contribution in [0.15, 0.2) is 30.5 Å². The second kappa shape index (κ2) is 8.63. The molecular formula is C14H23N5OS. The van der Waals surface area contributed by atoms with E-state index in [2.05, 4.69) is 23.4 Å². The van der Waals surface area contributed by atoms with E-state index >= 15 is 0 Å². The number of carbonyl (C=O) groups is 1. The third-order valence-corrected chi connectivity index (χ3v) is 3.74. The maximum atomic E-state index is 12.2. The molecule has 0 spiro atoms. The van der Waals surface area contributed by atoms with E-state index < -0.39 is 0 Å². The van der Waals surface area contributed by atoms with Gasteiger partial charge in [-0.3, -0.25) is 4.79 Å². The monoisotopic (exact) mass is 309 g/mol. The van der Waals surface area contributed by atoms with E-state index in [1.165, 1.54) is 11.8 Å². The number of nitrogens with zero attached hydrogens (tertiary/aromatic N) is 4. The summed E-state index contributed by atoms with van der Waals surface area (Å²) in [5, 5.41) is 8.90. The molecule has 6 nitrogen and oxygen atoms in total. The summed E-state index contributed by atoms with van der Waals surface area (Å²) in [5.41, 5.74) is 5.66. The van der Waals surface area contributed by atoms with Crippen molar-refractivity contribution in [2.24, 2.45) is 5.73 Å². The van der Waals surface area contributed by atoms with Crippen molar-refractivity contribution >= 4 is 17.7 Å². The van der Waals surface area contributed by atoms with Gasteiger partial charge in [0.25, 0.3) is 0 Å². The molecule has 21 heavy (non-hydrogen) atoms. The van der Waals surface area contributed by atoms with Crippen molar-refractivity contribution in [2.75, 3.05) is 18.8 Å². The molecule has 1 aromatic rings. The van der Waals surface area contributed by atoms with Gasteiger partial charge in [0.05, 0.1) is 12.3 Å². The van der Waals surface area contributed by atoms with Gasteiger partial charge in [-0.05, 0) is 13.8 Å². The van der Waals surface area contributed by atoms with Crippen LogP contribution in [0.4, 0.5) is 0 Å². The van der Waals surface area contributed by atoms with Gasteiger partial charge < -0.3 is 15.2 Å². The predicted molar refractivity (Wildman–Crippen MR) is 86.0 cm³/mol. The Morgan fingerprint density at radius 2 is 2.00 bits per heavy atom. The first-order chi connectivity index (χ1) is 10.0. The predicted octanol–water partition coefficient (Wildman–Crippen LogP) is 1.61. The Bertz CT molecular complexity index is 488. The first kappa shape index (κ1) is 17.5. The van der Waals surface area contributed by atoms with Crippen LogP contribution in [0.3, 0.4) is 0 Å². The summed E-state index contributed by atoms with van der Waals surface area (Å²) in [6.07, 6.45) is 3.41. The standard InChI is InChI=1S/C14H23N5OS/c1-5-7-18(8-6-2)13(20)10-21-14-17-16-12(9-15)19(14)11(3)4/h5-6,11H,1-2,7-10,15H2,3-4H3. The Labute approximate surface area is 130 Å². The molecule has 0 radical (unpaired) electrons. The third kappa shape index (κ3) is 4.71. The van der Waals surface area contributed by atoms with Gasteiger partial charge in [0, 0.05) is 19.1 Å². The summed E-state index contributed by atoms with van der Waals surface area (Å²) in [4.78, 5) is 13.9. The molecule has 2 N–H and O–H groups in total. The highest BCUT2D eigenvalue weighted by molar-refractivity contribution is 7.99. The van der Waals surface area contributed by atoms with Crippen LogP contribution in [0.1, 0.15) is 25.7 Å². The highest BCUT2D eigenvalue weighted by Crippen LogP contribution is 2.21. The lowest BCUT2D eigenvalue weighted by atomic mass is 10.4. The lowest BCUT2D eigenvalue weighted by Gasteiger charge is -2.19. The van der Waals surface area contributed by atoms with Gasteiger partial charge in [-0.25, -0.2) is 0 Å². The first-order valence-corrected chi connectivity index (χ1v) is 7.79. The smallest absolute Gasteiger partial charge is 0.233 e. The Morgan fingerprint density at radius 3 is 2.48 bits per heavy atom. The number of hydrogen-bond donors (Lipinski definition) is 1. The van der Waals surface area contributed by atoms with Crippen LogP contribution in [-0.4, -0.2) is 44.4 Å². The molecular weight excluding hydrogens is 286 g/mol. The van der Waals surface area contributed by atoms with Crippen molar-refractivity contribution in [3.05, 3.63) is 31.1 Å². The summed E-state index contributed by atoms with van der Waals surface area (Å²) in [6.45, 7) is 12.7. The number of rotatable bonds is 9. The van der Waals surface area contributed by atoms with Crippen LogP contribution in [0, 0.1) is 0 Å². The quantitative estimate of drug-likeness (QED) is 0.554. The van der Waals surface area contributed by atoms with Crippen LogP contribution in [0.2, 0.25) is 0 Å². The number of thioether (sulfide) groups is 1. The van der Waals surface area contributed by atoms with Gasteiger partial charge in [-0.2, -0.15) is 0 Å². The van der Waals surface area contributed by atoms with E-state index in [9.17, 15) is 4.79 Å². The highest BCUT2D eigenvalue weighted by atomic mass is 32.2. The molecule has 0 atom stereocenters. The number of nitrogens with two attached hydrogens (primary N) is 1. The average Bonchev–Trinajstić information content (AvgIpc) is 2.87. The van der Waals surface area contributed by atoms with Crippen molar-refractivity contribution in [3.63, 3.8) is 0 Å². The minimum atomic E-state index is 0.0207. The van der Waals surface area contributed by atoms with Crippen molar-refractivity contribution in [1.29, 1.82) is 0 Å². The largest absolute Gasteiger partial charge is 0.335 e. The zero-order valence-electron chi connectivity index (χ0n) is 12.7. The van der Waals surface area contributed by atoms with Crippen LogP contribution < -0.4 is 5.73 Å². The van der Waals surface area contributed by atoms with Crippen molar-refractivity contribution in [2.45, 2.75) is 31.6 Å². The number of aromatic nitrogens is 3. The molecule has 0 saturated carbocycles. The van der Waals surface area contributed by atoms with E-state index in [0.29, 0.717) is 25.4 Å². The van der Waals surface area contributed by atoms with Gasteiger partial charge in [0.2, 0.25) is 5.91 Å². The van der Waals surface area contributed by atoms with Crippen molar-refractivity contribution in [3.8, 4) is 0 Å². The summed E-state index contributed by atoms with van der Waals surface area (Å²) >= 11 is 1.37. The summed E-state index contributed by atoms with van der Waals surface area (Å²) in [6, 6.07) is 0.202. The zero-order chi connectivity index (χ0) is 15.8. The van der Waals surface area contributed by atoms with E-state index in [-0.39, 0.29) is 11.9 Å². The molecule has 7 heteroatoms. The van der Waals surface area contributed by atoms with E-state index in [0.717, 1.165) is 11.0 Å². The minimum Gasteiger partial charge on any atom is -0.335 e. The third-order valence-electron chi connectivity index (χ3n) is 2.81. The lowest BCUT2D eigenvalue weighted by Crippen LogP contribution is -2.32. The normalized spacial score (nSPS) is 10.7. The van der Waals surface area contributed by atoms with E-state index in [1.54, 1.807) is 17.1 Å². The molecule has 116 valence electrons. The van der Waals surface area contributed by atoms with Gasteiger partial charge in [-0.1, -0.05) is 23.9 Å². The molecule has 1 rings (SSSR count). The SMILES string of the molecule is C=CCN(CC=C)C(=O)CSc1nnc(CN)n1C(C)C. The van der Waals surface area contributed by atoms with Gasteiger partial charge in [0.15, 0.2) is 5.16 Å². The first-order valence-electron chi connectivity index (χ1n) is 6.81. The second-order valence-electron chi connectivity index (χ2n) is 4.73. The molecule has 1 amide bonds. The van der Waals surface area contributed by atoms with Gasteiger partial charge in [0.1, 0.15) is 5.82 Å². The molecule has 0 aromatic carbocycles. The van der Waals surface area contributed by atoms with Crippen molar-refractivity contribution in [1.82, 2.24) is 19.7 Å². The molecule has 1 heterocycles. The molecule has 0 aliphatic rings.